The summed E-state index contributed by atoms with van der Waals surface area (Å²) in [7, 11) is 0. The predicted octanol–water partition coefficient (Wildman–Crippen LogP) is 6.43. The molecule has 2 atom stereocenters. The number of allylic oxidation sites excluding steroid dienone is 3. The molecule has 37 heavy (non-hydrogen) atoms. The van der Waals surface area contributed by atoms with Crippen molar-refractivity contribution in [2.75, 3.05) is 13.2 Å². The maximum Gasteiger partial charge on any atom is 0.336 e. The average molecular weight is 558 g/mol. The molecule has 3 aromatic carbocycles. The van der Waals surface area contributed by atoms with Gasteiger partial charge in [0.2, 0.25) is 0 Å². The minimum absolute atomic E-state index is 0.0535. The van der Waals surface area contributed by atoms with Gasteiger partial charge in [-0.1, -0.05) is 76.6 Å². The van der Waals surface area contributed by atoms with E-state index in [9.17, 15) is 9.59 Å². The Morgan fingerprint density at radius 2 is 1.62 bits per heavy atom. The van der Waals surface area contributed by atoms with Gasteiger partial charge >= 0.3 is 5.97 Å². The fourth-order valence-corrected chi connectivity index (χ4v) is 5.60. The number of carbonyl (C=O) groups excluding carboxylic acids is 2. The van der Waals surface area contributed by atoms with Gasteiger partial charge in [-0.3, -0.25) is 4.79 Å². The van der Waals surface area contributed by atoms with Crippen LogP contribution in [0.4, 0.5) is 0 Å². The summed E-state index contributed by atoms with van der Waals surface area (Å²) in [5.74, 6) is -0.0788. The quantitative estimate of drug-likeness (QED) is 0.267. The summed E-state index contributed by atoms with van der Waals surface area (Å²) in [5.41, 5.74) is 4.73. The molecule has 188 valence electrons. The summed E-state index contributed by atoms with van der Waals surface area (Å²) in [5, 5.41) is 3.40. The van der Waals surface area contributed by atoms with Crippen LogP contribution in [0.1, 0.15) is 42.7 Å². The zero-order chi connectivity index (χ0) is 25.8. The normalized spacial score (nSPS) is 19.2. The van der Waals surface area contributed by atoms with Gasteiger partial charge in [-0.05, 0) is 54.7 Å². The summed E-state index contributed by atoms with van der Waals surface area (Å²) < 4.78 is 12.2. The molecule has 0 bridgehead atoms. The third-order valence-corrected chi connectivity index (χ3v) is 7.32. The van der Waals surface area contributed by atoms with Crippen LogP contribution >= 0.6 is 15.9 Å². The molecular formula is C31H28BrNO4. The third kappa shape index (κ3) is 5.54. The highest BCUT2D eigenvalue weighted by Crippen LogP contribution is 2.46. The third-order valence-electron chi connectivity index (χ3n) is 6.83. The Morgan fingerprint density at radius 1 is 0.919 bits per heavy atom. The molecule has 0 saturated carbocycles. The van der Waals surface area contributed by atoms with E-state index in [1.54, 1.807) is 0 Å². The van der Waals surface area contributed by atoms with E-state index in [-0.39, 0.29) is 24.9 Å². The molecule has 6 heteroatoms. The van der Waals surface area contributed by atoms with Crippen LogP contribution < -0.4 is 10.1 Å². The summed E-state index contributed by atoms with van der Waals surface area (Å²) in [4.78, 5) is 27.1. The molecule has 3 aromatic rings. The number of benzene rings is 3. The number of ketones is 1. The second-order valence-electron chi connectivity index (χ2n) is 9.28. The fraction of sp³-hybridized carbons (Fsp3) is 0.226. The zero-order valence-electron chi connectivity index (χ0n) is 20.6. The van der Waals surface area contributed by atoms with E-state index in [0.29, 0.717) is 29.7 Å². The number of hydrogen-bond acceptors (Lipinski definition) is 5. The van der Waals surface area contributed by atoms with Crippen molar-refractivity contribution in [3.8, 4) is 5.75 Å². The first-order valence-electron chi connectivity index (χ1n) is 12.4. The monoisotopic (exact) mass is 557 g/mol. The van der Waals surface area contributed by atoms with E-state index in [1.165, 1.54) is 0 Å². The molecule has 1 aliphatic carbocycles. The van der Waals surface area contributed by atoms with E-state index in [1.807, 2.05) is 79.7 Å². The van der Waals surface area contributed by atoms with Crippen molar-refractivity contribution in [3.05, 3.63) is 123 Å². The molecule has 5 nitrogen and oxygen atoms in total. The predicted molar refractivity (Wildman–Crippen MR) is 146 cm³/mol. The molecule has 5 rings (SSSR count). The van der Waals surface area contributed by atoms with E-state index in [0.717, 1.165) is 27.0 Å². The van der Waals surface area contributed by atoms with Gasteiger partial charge in [-0.2, -0.15) is 0 Å². The number of hydrogen-bond donors (Lipinski definition) is 1. The second-order valence-corrected chi connectivity index (χ2v) is 10.2. The SMILES string of the molecule is CC1=C(C(=O)OCCOc2ccccc2)[C@H](c2cccc(Br)c2)C2=C(C[C@@H](c3ccccc3)CC2=O)N1. The first-order valence-corrected chi connectivity index (χ1v) is 13.2. The smallest absolute Gasteiger partial charge is 0.336 e. The van der Waals surface area contributed by atoms with Gasteiger partial charge < -0.3 is 14.8 Å². The Hall–Kier alpha value is -3.64. The van der Waals surface area contributed by atoms with Crippen molar-refractivity contribution in [2.45, 2.75) is 31.6 Å². The van der Waals surface area contributed by atoms with Crippen molar-refractivity contribution in [2.24, 2.45) is 0 Å². The van der Waals surface area contributed by atoms with Gasteiger partial charge in [-0.15, -0.1) is 0 Å². The maximum absolute atomic E-state index is 13.7. The van der Waals surface area contributed by atoms with Crippen LogP contribution in [0, 0.1) is 0 Å². The highest BCUT2D eigenvalue weighted by Gasteiger charge is 2.41. The minimum Gasteiger partial charge on any atom is -0.490 e. The topological polar surface area (TPSA) is 64.6 Å². The van der Waals surface area contributed by atoms with Crippen LogP contribution in [0.2, 0.25) is 0 Å². The molecule has 0 fully saturated rings. The lowest BCUT2D eigenvalue weighted by molar-refractivity contribution is -0.140. The second kappa shape index (κ2) is 11.2. The molecule has 0 spiro atoms. The Labute approximate surface area is 225 Å². The minimum atomic E-state index is -0.500. The molecular weight excluding hydrogens is 530 g/mol. The van der Waals surface area contributed by atoms with Gasteiger partial charge in [0.1, 0.15) is 19.0 Å². The van der Waals surface area contributed by atoms with Crippen LogP contribution in [0.3, 0.4) is 0 Å². The highest BCUT2D eigenvalue weighted by atomic mass is 79.9. The van der Waals surface area contributed by atoms with Gasteiger partial charge in [0.15, 0.2) is 5.78 Å². The Balaban J connectivity index is 1.42. The first kappa shape index (κ1) is 25.0. The number of para-hydroxylation sites is 1. The number of ether oxygens (including phenoxy) is 2. The summed E-state index contributed by atoms with van der Waals surface area (Å²) in [6.45, 7) is 2.22. The lowest BCUT2D eigenvalue weighted by Crippen LogP contribution is -2.36. The summed E-state index contributed by atoms with van der Waals surface area (Å²) >= 11 is 3.55. The van der Waals surface area contributed by atoms with Crippen molar-refractivity contribution >= 4 is 27.7 Å². The van der Waals surface area contributed by atoms with Crippen LogP contribution in [0.15, 0.2) is 112 Å². The molecule has 0 amide bonds. The van der Waals surface area contributed by atoms with Crippen molar-refractivity contribution in [3.63, 3.8) is 0 Å². The number of halogens is 1. The Morgan fingerprint density at radius 3 is 2.35 bits per heavy atom. The lowest BCUT2D eigenvalue weighted by atomic mass is 9.72. The van der Waals surface area contributed by atoms with Gasteiger partial charge in [0.25, 0.3) is 0 Å². The van der Waals surface area contributed by atoms with Crippen LogP contribution in [-0.4, -0.2) is 25.0 Å². The standard InChI is InChI=1S/C31H28BrNO4/c1-20-28(31(35)37-16-15-36-25-13-6-3-7-14-25)29(22-11-8-12-24(32)17-22)30-26(33-20)18-23(19-27(30)34)21-9-4-2-5-10-21/h2-14,17,23,29,33H,15-16,18-19H2,1H3/t23-,29+/m1/s1. The van der Waals surface area contributed by atoms with E-state index in [2.05, 4.69) is 33.4 Å². The highest BCUT2D eigenvalue weighted by molar-refractivity contribution is 9.10. The number of nitrogens with one attached hydrogen (secondary N) is 1. The van der Waals surface area contributed by atoms with Crippen molar-refractivity contribution in [1.82, 2.24) is 5.32 Å². The van der Waals surface area contributed by atoms with E-state index < -0.39 is 11.9 Å². The fourth-order valence-electron chi connectivity index (χ4n) is 5.18. The van der Waals surface area contributed by atoms with Crippen LogP contribution in [0.5, 0.6) is 5.75 Å². The van der Waals surface area contributed by atoms with Crippen LogP contribution in [0.25, 0.3) is 0 Å². The molecule has 0 aromatic heterocycles. The van der Waals surface area contributed by atoms with Gasteiger partial charge in [0.05, 0.1) is 5.57 Å². The molecule has 1 N–H and O–H groups in total. The number of carbonyl (C=O) groups is 2. The molecule has 0 saturated heterocycles. The van der Waals surface area contributed by atoms with Gasteiger partial charge in [0, 0.05) is 33.8 Å². The number of esters is 1. The summed E-state index contributed by atoms with van der Waals surface area (Å²) in [6.07, 6.45) is 1.11. The van der Waals surface area contributed by atoms with E-state index in [4.69, 9.17) is 9.47 Å². The number of Topliss-reactive ketones (excluding diaryl/α,β-unsaturated/α-hetero) is 1. The summed E-state index contributed by atoms with van der Waals surface area (Å²) in [6, 6.07) is 27.3. The largest absolute Gasteiger partial charge is 0.490 e. The molecule has 1 heterocycles. The van der Waals surface area contributed by atoms with Crippen molar-refractivity contribution in [1.29, 1.82) is 0 Å². The Bertz CT molecular complexity index is 1360. The van der Waals surface area contributed by atoms with Gasteiger partial charge in [-0.25, -0.2) is 4.79 Å². The van der Waals surface area contributed by atoms with Crippen LogP contribution in [-0.2, 0) is 14.3 Å². The number of rotatable bonds is 7. The first-order chi connectivity index (χ1) is 18.0. The molecule has 0 unspecified atom stereocenters. The average Bonchev–Trinajstić information content (AvgIpc) is 2.91. The molecule has 0 radical (unpaired) electrons. The van der Waals surface area contributed by atoms with E-state index >= 15 is 0 Å². The Kier molecular flexibility index (Phi) is 7.56. The molecule has 2 aliphatic rings. The van der Waals surface area contributed by atoms with Crippen molar-refractivity contribution < 1.29 is 19.1 Å². The number of dihydropyridines is 1. The lowest BCUT2D eigenvalue weighted by Gasteiger charge is -2.36. The zero-order valence-corrected chi connectivity index (χ0v) is 22.2. The molecule has 1 aliphatic heterocycles. The maximum atomic E-state index is 13.7.